The minimum Gasteiger partial charge on any atom is -0.148 e. The standard InChI is InChI=1S/C18H34S/c1-3-17(13-9-5-6-10-14-17)19-18(4-2)15-11-7-8-12-16-18/h3-16H2,1-2H3. The van der Waals surface area contributed by atoms with Gasteiger partial charge in [-0.15, -0.1) is 11.8 Å². The molecule has 0 bridgehead atoms. The van der Waals surface area contributed by atoms with Crippen molar-refractivity contribution >= 4 is 11.8 Å². The summed E-state index contributed by atoms with van der Waals surface area (Å²) in [5.41, 5.74) is 0. The van der Waals surface area contributed by atoms with Gasteiger partial charge in [-0.3, -0.25) is 0 Å². The molecule has 0 atom stereocenters. The molecule has 19 heavy (non-hydrogen) atoms. The van der Waals surface area contributed by atoms with Gasteiger partial charge in [0, 0.05) is 9.49 Å². The normalized spacial score (nSPS) is 27.5. The molecule has 0 nitrogen and oxygen atoms in total. The summed E-state index contributed by atoms with van der Waals surface area (Å²) in [7, 11) is 0. The highest BCUT2D eigenvalue weighted by molar-refractivity contribution is 8.02. The Bertz CT molecular complexity index is 216. The van der Waals surface area contributed by atoms with Crippen LogP contribution in [0.1, 0.15) is 104 Å². The van der Waals surface area contributed by atoms with Crippen LogP contribution in [-0.4, -0.2) is 9.49 Å². The van der Waals surface area contributed by atoms with Crippen LogP contribution in [0.2, 0.25) is 0 Å². The van der Waals surface area contributed by atoms with Crippen molar-refractivity contribution in [2.75, 3.05) is 0 Å². The van der Waals surface area contributed by atoms with Crippen molar-refractivity contribution in [2.24, 2.45) is 0 Å². The summed E-state index contributed by atoms with van der Waals surface area (Å²) in [5, 5.41) is 0. The smallest absolute Gasteiger partial charge is 0.0163 e. The molecule has 0 spiro atoms. The van der Waals surface area contributed by atoms with E-state index in [0.717, 1.165) is 0 Å². The van der Waals surface area contributed by atoms with E-state index in [4.69, 9.17) is 0 Å². The highest BCUT2D eigenvalue weighted by Crippen LogP contribution is 2.53. The lowest BCUT2D eigenvalue weighted by atomic mass is 9.95. The molecule has 0 amide bonds. The molecule has 2 aliphatic carbocycles. The van der Waals surface area contributed by atoms with E-state index in [1.165, 1.54) is 89.9 Å². The molecule has 2 aliphatic rings. The van der Waals surface area contributed by atoms with Crippen molar-refractivity contribution in [3.05, 3.63) is 0 Å². The highest BCUT2D eigenvalue weighted by Gasteiger charge is 2.40. The summed E-state index contributed by atoms with van der Waals surface area (Å²) in [4.78, 5) is 0. The number of hydrogen-bond donors (Lipinski definition) is 0. The lowest BCUT2D eigenvalue weighted by molar-refractivity contribution is 0.453. The van der Waals surface area contributed by atoms with Gasteiger partial charge in [-0.25, -0.2) is 0 Å². The second-order valence-corrected chi connectivity index (χ2v) is 8.94. The monoisotopic (exact) mass is 282 g/mol. The van der Waals surface area contributed by atoms with Gasteiger partial charge in [0.15, 0.2) is 0 Å². The van der Waals surface area contributed by atoms with Gasteiger partial charge in [0.25, 0.3) is 0 Å². The van der Waals surface area contributed by atoms with Gasteiger partial charge in [-0.1, -0.05) is 65.2 Å². The van der Waals surface area contributed by atoms with E-state index in [1.54, 1.807) is 0 Å². The maximum absolute atomic E-state index is 2.46. The Morgan fingerprint density at radius 3 is 1.16 bits per heavy atom. The Kier molecular flexibility index (Phi) is 6.11. The molecule has 0 aromatic carbocycles. The molecule has 1 heteroatoms. The summed E-state index contributed by atoms with van der Waals surface area (Å²) >= 11 is 2.46. The van der Waals surface area contributed by atoms with Crippen molar-refractivity contribution in [1.29, 1.82) is 0 Å². The second-order valence-electron chi connectivity index (χ2n) is 7.00. The van der Waals surface area contributed by atoms with Crippen LogP contribution in [0, 0.1) is 0 Å². The lowest BCUT2D eigenvalue weighted by Gasteiger charge is -2.42. The first-order chi connectivity index (χ1) is 9.24. The molecule has 2 saturated carbocycles. The van der Waals surface area contributed by atoms with Gasteiger partial charge in [0.05, 0.1) is 0 Å². The molecule has 2 fully saturated rings. The van der Waals surface area contributed by atoms with Crippen LogP contribution in [0.25, 0.3) is 0 Å². The van der Waals surface area contributed by atoms with Gasteiger partial charge >= 0.3 is 0 Å². The predicted octanol–water partition coefficient (Wildman–Crippen LogP) is 6.73. The zero-order chi connectivity index (χ0) is 13.6. The zero-order valence-corrected chi connectivity index (χ0v) is 14.1. The van der Waals surface area contributed by atoms with Crippen molar-refractivity contribution in [3.8, 4) is 0 Å². The van der Waals surface area contributed by atoms with Crippen LogP contribution < -0.4 is 0 Å². The maximum Gasteiger partial charge on any atom is 0.0163 e. The van der Waals surface area contributed by atoms with Crippen LogP contribution in [0.3, 0.4) is 0 Å². The van der Waals surface area contributed by atoms with Crippen LogP contribution in [0.15, 0.2) is 0 Å². The van der Waals surface area contributed by atoms with E-state index in [0.29, 0.717) is 9.49 Å². The third-order valence-corrected chi connectivity index (χ3v) is 8.01. The summed E-state index contributed by atoms with van der Waals surface area (Å²) in [6.45, 7) is 4.91. The van der Waals surface area contributed by atoms with Crippen LogP contribution in [-0.2, 0) is 0 Å². The summed E-state index contributed by atoms with van der Waals surface area (Å²) in [6, 6.07) is 0. The molecule has 2 rings (SSSR count). The van der Waals surface area contributed by atoms with Crippen molar-refractivity contribution in [3.63, 3.8) is 0 Å². The SMILES string of the molecule is CCC1(SC2(CC)CCCCCC2)CCCCCC1. The fourth-order valence-corrected chi connectivity index (χ4v) is 6.45. The molecule has 0 unspecified atom stereocenters. The fourth-order valence-electron chi connectivity index (χ4n) is 4.26. The molecule has 0 aromatic rings. The fraction of sp³-hybridized carbons (Fsp3) is 1.00. The molecule has 0 N–H and O–H groups in total. The molecule has 0 heterocycles. The topological polar surface area (TPSA) is 0 Å². The van der Waals surface area contributed by atoms with Crippen LogP contribution in [0.4, 0.5) is 0 Å². The summed E-state index contributed by atoms with van der Waals surface area (Å²) < 4.78 is 1.27. The Hall–Kier alpha value is 0.350. The third-order valence-electron chi connectivity index (χ3n) is 5.75. The molecule has 112 valence electrons. The van der Waals surface area contributed by atoms with Gasteiger partial charge in [0.2, 0.25) is 0 Å². The molecule has 0 aromatic heterocycles. The zero-order valence-electron chi connectivity index (χ0n) is 13.3. The first kappa shape index (κ1) is 15.7. The van der Waals surface area contributed by atoms with Crippen LogP contribution >= 0.6 is 11.8 Å². The molecular formula is C18H34S. The van der Waals surface area contributed by atoms with Gasteiger partial charge in [-0.05, 0) is 38.5 Å². The average Bonchev–Trinajstić information content (AvgIpc) is 2.81. The Balaban J connectivity index is 2.08. The first-order valence-corrected chi connectivity index (χ1v) is 9.76. The van der Waals surface area contributed by atoms with Gasteiger partial charge in [0.1, 0.15) is 0 Å². The van der Waals surface area contributed by atoms with E-state index < -0.39 is 0 Å². The minimum atomic E-state index is 0.636. The average molecular weight is 283 g/mol. The third kappa shape index (κ3) is 4.16. The van der Waals surface area contributed by atoms with E-state index >= 15 is 0 Å². The first-order valence-electron chi connectivity index (χ1n) is 8.94. The maximum atomic E-state index is 2.46. The van der Waals surface area contributed by atoms with E-state index in [9.17, 15) is 0 Å². The molecule has 0 saturated heterocycles. The largest absolute Gasteiger partial charge is 0.148 e. The quantitative estimate of drug-likeness (QED) is 0.515. The Labute approximate surface area is 125 Å². The number of rotatable bonds is 4. The van der Waals surface area contributed by atoms with E-state index in [2.05, 4.69) is 25.6 Å². The lowest BCUT2D eigenvalue weighted by Crippen LogP contribution is -2.34. The van der Waals surface area contributed by atoms with E-state index in [-0.39, 0.29) is 0 Å². The van der Waals surface area contributed by atoms with Crippen molar-refractivity contribution in [1.82, 2.24) is 0 Å². The summed E-state index contributed by atoms with van der Waals surface area (Å²) in [5.74, 6) is 0. The van der Waals surface area contributed by atoms with Crippen molar-refractivity contribution < 1.29 is 0 Å². The predicted molar refractivity (Wildman–Crippen MR) is 89.0 cm³/mol. The van der Waals surface area contributed by atoms with Crippen LogP contribution in [0.5, 0.6) is 0 Å². The second kappa shape index (κ2) is 7.38. The van der Waals surface area contributed by atoms with Gasteiger partial charge in [-0.2, -0.15) is 0 Å². The highest BCUT2D eigenvalue weighted by atomic mass is 32.2. The van der Waals surface area contributed by atoms with Gasteiger partial charge < -0.3 is 0 Å². The summed E-state index contributed by atoms with van der Waals surface area (Å²) in [6.07, 6.45) is 20.7. The van der Waals surface area contributed by atoms with E-state index in [1.807, 2.05) is 0 Å². The van der Waals surface area contributed by atoms with Crippen molar-refractivity contribution in [2.45, 2.75) is 113 Å². The minimum absolute atomic E-state index is 0.636. The Morgan fingerprint density at radius 1 is 0.579 bits per heavy atom. The molecule has 0 radical (unpaired) electrons. The Morgan fingerprint density at radius 2 is 0.895 bits per heavy atom. The molecular weight excluding hydrogens is 248 g/mol. The molecule has 0 aliphatic heterocycles. The number of hydrogen-bond acceptors (Lipinski definition) is 1. The number of thioether (sulfide) groups is 1.